The number of fused-ring (bicyclic) bond motifs is 4. The van der Waals surface area contributed by atoms with Crippen molar-refractivity contribution in [2.45, 2.75) is 20.8 Å². The molecule has 0 atom stereocenters. The molecule has 4 aromatic carbocycles. The van der Waals surface area contributed by atoms with E-state index in [9.17, 15) is 0 Å². The van der Waals surface area contributed by atoms with Crippen LogP contribution in [0.4, 0.5) is 0 Å². The highest BCUT2D eigenvalue weighted by atomic mass is 15.1. The van der Waals surface area contributed by atoms with E-state index < -0.39 is 0 Å². The average molecular weight is 339 g/mol. The summed E-state index contributed by atoms with van der Waals surface area (Å²) >= 11 is 0. The summed E-state index contributed by atoms with van der Waals surface area (Å²) in [6.07, 6.45) is 0. The minimum absolute atomic E-state index is 0.846. The van der Waals surface area contributed by atoms with E-state index in [2.05, 4.69) is 80.3 Å². The molecule has 26 heavy (non-hydrogen) atoms. The van der Waals surface area contributed by atoms with Gasteiger partial charge in [0.05, 0.1) is 0 Å². The fraction of sp³-hybridized carbons (Fsp3) is 0.250. The van der Waals surface area contributed by atoms with Gasteiger partial charge in [0.25, 0.3) is 0 Å². The van der Waals surface area contributed by atoms with E-state index in [4.69, 9.17) is 7.85 Å². The largest absolute Gasteiger partial charge is 0.304 e. The van der Waals surface area contributed by atoms with Gasteiger partial charge in [-0.15, -0.1) is 0 Å². The molecule has 0 unspecified atom stereocenters. The monoisotopic (exact) mass is 339 g/mol. The first kappa shape index (κ1) is 18.5. The SMILES string of the molecule is CCN(CC)CC.[B]c1cccc2ccc3cc4ccccc4cc3c12. The summed E-state index contributed by atoms with van der Waals surface area (Å²) in [6, 6.07) is 23.3. The van der Waals surface area contributed by atoms with Crippen LogP contribution < -0.4 is 5.46 Å². The second kappa shape index (κ2) is 8.38. The average Bonchev–Trinajstić information content (AvgIpc) is 2.68. The second-order valence-electron chi connectivity index (χ2n) is 6.55. The summed E-state index contributed by atoms with van der Waals surface area (Å²) in [6.45, 7) is 10.1. The second-order valence-corrected chi connectivity index (χ2v) is 6.55. The predicted octanol–water partition coefficient (Wildman–Crippen LogP) is 5.29. The maximum Gasteiger partial charge on any atom is 0.114 e. The first-order valence-corrected chi connectivity index (χ1v) is 9.50. The predicted molar refractivity (Wildman–Crippen MR) is 118 cm³/mol. The van der Waals surface area contributed by atoms with Gasteiger partial charge in [0.1, 0.15) is 7.85 Å². The molecule has 0 fully saturated rings. The molecular formula is C24H26BN. The van der Waals surface area contributed by atoms with Crippen LogP contribution in [0.15, 0.2) is 66.7 Å². The van der Waals surface area contributed by atoms with Gasteiger partial charge in [0, 0.05) is 0 Å². The van der Waals surface area contributed by atoms with Crippen LogP contribution in [0.5, 0.6) is 0 Å². The van der Waals surface area contributed by atoms with E-state index >= 15 is 0 Å². The molecule has 4 rings (SSSR count). The van der Waals surface area contributed by atoms with Crippen molar-refractivity contribution in [3.8, 4) is 0 Å². The van der Waals surface area contributed by atoms with Gasteiger partial charge in [-0.1, -0.05) is 80.8 Å². The molecule has 0 aliphatic rings. The summed E-state index contributed by atoms with van der Waals surface area (Å²) in [4.78, 5) is 2.38. The van der Waals surface area contributed by atoms with Crippen molar-refractivity contribution in [3.05, 3.63) is 66.7 Å². The third kappa shape index (κ3) is 3.76. The zero-order valence-corrected chi connectivity index (χ0v) is 16.0. The van der Waals surface area contributed by atoms with Crippen LogP contribution in [-0.2, 0) is 0 Å². The summed E-state index contributed by atoms with van der Waals surface area (Å²) in [5.41, 5.74) is 0.846. The molecule has 0 saturated heterocycles. The molecule has 0 bridgehead atoms. The van der Waals surface area contributed by atoms with Crippen molar-refractivity contribution in [3.63, 3.8) is 0 Å². The van der Waals surface area contributed by atoms with Crippen molar-refractivity contribution < 1.29 is 0 Å². The molecule has 130 valence electrons. The van der Waals surface area contributed by atoms with E-state index in [1.54, 1.807) is 0 Å². The molecular weight excluding hydrogens is 313 g/mol. The maximum absolute atomic E-state index is 6.17. The Hall–Kier alpha value is -2.32. The number of hydrogen-bond acceptors (Lipinski definition) is 1. The van der Waals surface area contributed by atoms with Gasteiger partial charge in [-0.2, -0.15) is 0 Å². The van der Waals surface area contributed by atoms with Gasteiger partial charge in [0.2, 0.25) is 0 Å². The van der Waals surface area contributed by atoms with E-state index in [1.807, 2.05) is 12.1 Å². The van der Waals surface area contributed by atoms with E-state index in [-0.39, 0.29) is 0 Å². The van der Waals surface area contributed by atoms with Gasteiger partial charge in [-0.25, -0.2) is 0 Å². The van der Waals surface area contributed by atoms with Crippen LogP contribution >= 0.6 is 0 Å². The van der Waals surface area contributed by atoms with Crippen LogP contribution in [-0.4, -0.2) is 32.4 Å². The smallest absolute Gasteiger partial charge is 0.114 e. The van der Waals surface area contributed by atoms with Crippen LogP contribution in [0.2, 0.25) is 0 Å². The highest BCUT2D eigenvalue weighted by Crippen LogP contribution is 2.28. The molecule has 0 aliphatic heterocycles. The lowest BCUT2D eigenvalue weighted by Crippen LogP contribution is -2.21. The number of hydrogen-bond donors (Lipinski definition) is 0. The Morgan fingerprint density at radius 2 is 1.23 bits per heavy atom. The molecule has 0 saturated carbocycles. The Kier molecular flexibility index (Phi) is 5.95. The molecule has 0 amide bonds. The zero-order valence-electron chi connectivity index (χ0n) is 16.0. The third-order valence-corrected chi connectivity index (χ3v) is 5.10. The number of rotatable bonds is 3. The van der Waals surface area contributed by atoms with Gasteiger partial charge < -0.3 is 4.90 Å². The summed E-state index contributed by atoms with van der Waals surface area (Å²) < 4.78 is 0. The summed E-state index contributed by atoms with van der Waals surface area (Å²) in [7, 11) is 6.17. The van der Waals surface area contributed by atoms with Crippen molar-refractivity contribution in [2.24, 2.45) is 0 Å². The van der Waals surface area contributed by atoms with E-state index in [1.165, 1.54) is 46.6 Å². The fourth-order valence-electron chi connectivity index (χ4n) is 3.50. The lowest BCUT2D eigenvalue weighted by Gasteiger charge is -2.13. The first-order chi connectivity index (χ1) is 12.7. The molecule has 0 aromatic heterocycles. The minimum Gasteiger partial charge on any atom is -0.304 e. The molecule has 1 nitrogen and oxygen atoms in total. The van der Waals surface area contributed by atoms with Crippen LogP contribution in [0.25, 0.3) is 32.3 Å². The van der Waals surface area contributed by atoms with Gasteiger partial charge in [0.15, 0.2) is 0 Å². The first-order valence-electron chi connectivity index (χ1n) is 9.50. The zero-order chi connectivity index (χ0) is 18.5. The molecule has 0 heterocycles. The third-order valence-electron chi connectivity index (χ3n) is 5.10. The van der Waals surface area contributed by atoms with Crippen molar-refractivity contribution in [1.29, 1.82) is 0 Å². The topological polar surface area (TPSA) is 3.24 Å². The molecule has 0 aliphatic carbocycles. The lowest BCUT2D eigenvalue weighted by atomic mass is 9.87. The van der Waals surface area contributed by atoms with Gasteiger partial charge in [-0.05, 0) is 64.1 Å². The Labute approximate surface area is 158 Å². The van der Waals surface area contributed by atoms with Crippen LogP contribution in [0.3, 0.4) is 0 Å². The Balaban J connectivity index is 0.000000242. The molecule has 2 radical (unpaired) electrons. The molecule has 2 heteroatoms. The molecule has 4 aromatic rings. The number of benzene rings is 4. The van der Waals surface area contributed by atoms with E-state index in [0.29, 0.717) is 0 Å². The highest BCUT2D eigenvalue weighted by molar-refractivity contribution is 6.41. The van der Waals surface area contributed by atoms with Gasteiger partial charge in [-0.3, -0.25) is 0 Å². The lowest BCUT2D eigenvalue weighted by molar-refractivity contribution is 0.321. The van der Waals surface area contributed by atoms with Crippen molar-refractivity contribution in [1.82, 2.24) is 4.90 Å². The number of nitrogens with zero attached hydrogens (tertiary/aromatic N) is 1. The Morgan fingerprint density at radius 3 is 1.85 bits per heavy atom. The van der Waals surface area contributed by atoms with Crippen molar-refractivity contribution >= 4 is 45.6 Å². The highest BCUT2D eigenvalue weighted by Gasteiger charge is 2.04. The molecule has 0 spiro atoms. The van der Waals surface area contributed by atoms with Gasteiger partial charge >= 0.3 is 0 Å². The van der Waals surface area contributed by atoms with Crippen LogP contribution in [0.1, 0.15) is 20.8 Å². The quantitative estimate of drug-likeness (QED) is 0.279. The maximum atomic E-state index is 6.17. The summed E-state index contributed by atoms with van der Waals surface area (Å²) in [5, 5.41) is 7.35. The van der Waals surface area contributed by atoms with Crippen LogP contribution in [0, 0.1) is 0 Å². The fourth-order valence-corrected chi connectivity index (χ4v) is 3.50. The molecule has 0 N–H and O–H groups in total. The standard InChI is InChI=1S/C18H11B.C6H15N/c19-17-7-3-6-12-8-9-15-10-13-4-1-2-5-14(13)11-16(15)18(12)17;1-4-7(5-2)6-3/h1-11H;4-6H2,1-3H3. The van der Waals surface area contributed by atoms with Crippen molar-refractivity contribution in [2.75, 3.05) is 19.6 Å². The normalized spacial score (nSPS) is 11.1. The Morgan fingerprint density at radius 1 is 0.654 bits per heavy atom. The van der Waals surface area contributed by atoms with E-state index in [0.717, 1.165) is 10.8 Å². The minimum atomic E-state index is 0.846. The summed E-state index contributed by atoms with van der Waals surface area (Å²) in [5.74, 6) is 0. The Bertz CT molecular complexity index is 1010.